The molecule has 0 radical (unpaired) electrons. The highest BCUT2D eigenvalue weighted by molar-refractivity contribution is 5.77. The Balaban J connectivity index is 2.46. The Morgan fingerprint density at radius 1 is 1.57 bits per heavy atom. The fourth-order valence-corrected chi connectivity index (χ4v) is 1.58. The van der Waals surface area contributed by atoms with E-state index in [9.17, 15) is 10.1 Å². The van der Waals surface area contributed by atoms with Gasteiger partial charge in [0.1, 0.15) is 0 Å². The second kappa shape index (κ2) is 2.87. The maximum atomic E-state index is 10.6. The molecular weight excluding hydrogens is 182 g/mol. The molecule has 1 aliphatic rings. The van der Waals surface area contributed by atoms with Gasteiger partial charge in [0, 0.05) is 19.2 Å². The average molecular weight is 193 g/mol. The molecule has 0 saturated carbocycles. The molecule has 5 heteroatoms. The molecule has 2 rings (SSSR count). The largest absolute Gasteiger partial charge is 0.364 e. The number of benzene rings is 1. The van der Waals surface area contributed by atoms with Crippen molar-refractivity contribution in [3.05, 3.63) is 28.3 Å². The van der Waals surface area contributed by atoms with Crippen molar-refractivity contribution in [1.29, 1.82) is 0 Å². The molecule has 1 aromatic carbocycles. The van der Waals surface area contributed by atoms with Crippen LogP contribution in [-0.4, -0.2) is 18.1 Å². The number of nitrogens with one attached hydrogen (secondary N) is 1. The molecule has 0 aromatic heterocycles. The second-order valence-corrected chi connectivity index (χ2v) is 3.39. The molecule has 0 saturated heterocycles. The van der Waals surface area contributed by atoms with Crippen molar-refractivity contribution in [3.8, 4) is 0 Å². The van der Waals surface area contributed by atoms with Gasteiger partial charge in [-0.25, -0.2) is 0 Å². The van der Waals surface area contributed by atoms with Crippen molar-refractivity contribution in [1.82, 2.24) is 0 Å². The van der Waals surface area contributed by atoms with Crippen LogP contribution in [0, 0.1) is 10.1 Å². The second-order valence-electron chi connectivity index (χ2n) is 3.39. The standard InChI is InChI=1S/C9H11N3O2/c1-6-10-8-4-3-7(12(13)14)5-9(8)11(6)2/h3-6,10H,1-2H3. The summed E-state index contributed by atoms with van der Waals surface area (Å²) >= 11 is 0. The Morgan fingerprint density at radius 3 is 2.93 bits per heavy atom. The third kappa shape index (κ3) is 1.17. The molecule has 1 atom stereocenters. The van der Waals surface area contributed by atoms with Gasteiger partial charge in [-0.15, -0.1) is 0 Å². The van der Waals surface area contributed by atoms with Crippen LogP contribution in [-0.2, 0) is 0 Å². The molecule has 1 aliphatic heterocycles. The first kappa shape index (κ1) is 8.80. The maximum Gasteiger partial charge on any atom is 0.271 e. The zero-order valence-electron chi connectivity index (χ0n) is 8.02. The lowest BCUT2D eigenvalue weighted by molar-refractivity contribution is -0.384. The quantitative estimate of drug-likeness (QED) is 0.545. The molecule has 0 bridgehead atoms. The van der Waals surface area contributed by atoms with Gasteiger partial charge in [0.2, 0.25) is 0 Å². The van der Waals surface area contributed by atoms with Crippen LogP contribution in [0.2, 0.25) is 0 Å². The van der Waals surface area contributed by atoms with Gasteiger partial charge >= 0.3 is 0 Å². The number of nitro benzene ring substituents is 1. The van der Waals surface area contributed by atoms with E-state index in [0.29, 0.717) is 0 Å². The van der Waals surface area contributed by atoms with Crippen molar-refractivity contribution >= 4 is 17.1 Å². The predicted molar refractivity (Wildman–Crippen MR) is 54.6 cm³/mol. The first-order valence-electron chi connectivity index (χ1n) is 4.37. The summed E-state index contributed by atoms with van der Waals surface area (Å²) in [6, 6.07) is 4.84. The summed E-state index contributed by atoms with van der Waals surface area (Å²) in [5.74, 6) is 0. The lowest BCUT2D eigenvalue weighted by Gasteiger charge is -2.16. The average Bonchev–Trinajstić information content (AvgIpc) is 2.43. The van der Waals surface area contributed by atoms with E-state index in [1.165, 1.54) is 6.07 Å². The molecule has 1 heterocycles. The predicted octanol–water partition coefficient (Wildman–Crippen LogP) is 1.80. The molecule has 14 heavy (non-hydrogen) atoms. The number of non-ortho nitro benzene ring substituents is 1. The minimum Gasteiger partial charge on any atom is -0.364 e. The third-order valence-corrected chi connectivity index (χ3v) is 2.52. The first-order chi connectivity index (χ1) is 6.59. The molecule has 1 N–H and O–H groups in total. The van der Waals surface area contributed by atoms with Gasteiger partial charge < -0.3 is 10.2 Å². The van der Waals surface area contributed by atoms with Crippen LogP contribution < -0.4 is 10.2 Å². The summed E-state index contributed by atoms with van der Waals surface area (Å²) in [4.78, 5) is 12.2. The lowest BCUT2D eigenvalue weighted by Crippen LogP contribution is -2.28. The van der Waals surface area contributed by atoms with Gasteiger partial charge in [-0.05, 0) is 13.0 Å². The topological polar surface area (TPSA) is 58.4 Å². The fraction of sp³-hybridized carbons (Fsp3) is 0.333. The van der Waals surface area contributed by atoms with Gasteiger partial charge in [-0.3, -0.25) is 10.1 Å². The minimum atomic E-state index is -0.378. The van der Waals surface area contributed by atoms with Crippen LogP contribution >= 0.6 is 0 Å². The summed E-state index contributed by atoms with van der Waals surface area (Å²) in [5, 5.41) is 13.8. The van der Waals surface area contributed by atoms with E-state index in [0.717, 1.165) is 11.4 Å². The number of rotatable bonds is 1. The van der Waals surface area contributed by atoms with E-state index in [2.05, 4.69) is 5.32 Å². The minimum absolute atomic E-state index is 0.131. The molecular formula is C9H11N3O2. The van der Waals surface area contributed by atoms with Gasteiger partial charge in [0.05, 0.1) is 22.5 Å². The van der Waals surface area contributed by atoms with Gasteiger partial charge in [0.15, 0.2) is 0 Å². The maximum absolute atomic E-state index is 10.6. The van der Waals surface area contributed by atoms with Crippen LogP contribution in [0.3, 0.4) is 0 Å². The number of fused-ring (bicyclic) bond motifs is 1. The van der Waals surface area contributed by atoms with E-state index in [1.54, 1.807) is 12.1 Å². The highest BCUT2D eigenvalue weighted by Crippen LogP contribution is 2.35. The van der Waals surface area contributed by atoms with E-state index in [4.69, 9.17) is 0 Å². The van der Waals surface area contributed by atoms with Crippen molar-refractivity contribution in [3.63, 3.8) is 0 Å². The molecule has 0 aliphatic carbocycles. The Kier molecular flexibility index (Phi) is 1.80. The number of nitro groups is 1. The van der Waals surface area contributed by atoms with Crippen molar-refractivity contribution in [2.75, 3.05) is 17.3 Å². The van der Waals surface area contributed by atoms with E-state index in [-0.39, 0.29) is 16.8 Å². The van der Waals surface area contributed by atoms with Crippen LogP contribution in [0.4, 0.5) is 17.1 Å². The normalized spacial score (nSPS) is 19.0. The van der Waals surface area contributed by atoms with Crippen molar-refractivity contribution in [2.45, 2.75) is 13.1 Å². The zero-order valence-corrected chi connectivity index (χ0v) is 8.02. The van der Waals surface area contributed by atoms with Crippen LogP contribution in [0.5, 0.6) is 0 Å². The summed E-state index contributed by atoms with van der Waals surface area (Å²) in [7, 11) is 1.91. The van der Waals surface area contributed by atoms with Crippen LogP contribution in [0.25, 0.3) is 0 Å². The Hall–Kier alpha value is -1.78. The Bertz CT molecular complexity index is 392. The highest BCUT2D eigenvalue weighted by atomic mass is 16.6. The van der Waals surface area contributed by atoms with Gasteiger partial charge in [-0.2, -0.15) is 0 Å². The first-order valence-corrected chi connectivity index (χ1v) is 4.37. The van der Waals surface area contributed by atoms with Crippen molar-refractivity contribution < 1.29 is 4.92 Å². The molecule has 0 spiro atoms. The fourth-order valence-electron chi connectivity index (χ4n) is 1.58. The summed E-state index contributed by atoms with van der Waals surface area (Å²) < 4.78 is 0. The Morgan fingerprint density at radius 2 is 2.29 bits per heavy atom. The Labute approximate surface area is 81.5 Å². The van der Waals surface area contributed by atoms with Crippen LogP contribution in [0.1, 0.15) is 6.92 Å². The van der Waals surface area contributed by atoms with Gasteiger partial charge in [0.25, 0.3) is 5.69 Å². The number of anilines is 2. The molecule has 5 nitrogen and oxygen atoms in total. The third-order valence-electron chi connectivity index (χ3n) is 2.52. The van der Waals surface area contributed by atoms with E-state index < -0.39 is 0 Å². The van der Waals surface area contributed by atoms with Crippen LogP contribution in [0.15, 0.2) is 18.2 Å². The molecule has 0 fully saturated rings. The molecule has 74 valence electrons. The smallest absolute Gasteiger partial charge is 0.271 e. The molecule has 0 amide bonds. The monoisotopic (exact) mass is 193 g/mol. The van der Waals surface area contributed by atoms with E-state index in [1.807, 2.05) is 18.9 Å². The SMILES string of the molecule is CC1Nc2ccc([N+](=O)[O-])cc2N1C. The summed E-state index contributed by atoms with van der Waals surface area (Å²) in [5.41, 5.74) is 1.96. The van der Waals surface area contributed by atoms with Gasteiger partial charge in [-0.1, -0.05) is 0 Å². The summed E-state index contributed by atoms with van der Waals surface area (Å²) in [6.07, 6.45) is 0.187. The molecule has 1 unspecified atom stereocenters. The summed E-state index contributed by atoms with van der Waals surface area (Å²) in [6.45, 7) is 2.01. The van der Waals surface area contributed by atoms with E-state index >= 15 is 0 Å². The lowest BCUT2D eigenvalue weighted by atomic mass is 10.2. The number of hydrogen-bond acceptors (Lipinski definition) is 4. The number of hydrogen-bond donors (Lipinski definition) is 1. The number of nitrogens with zero attached hydrogens (tertiary/aromatic N) is 2. The highest BCUT2D eigenvalue weighted by Gasteiger charge is 2.23. The molecule has 1 aromatic rings. The van der Waals surface area contributed by atoms with Crippen molar-refractivity contribution in [2.24, 2.45) is 0 Å². The zero-order chi connectivity index (χ0) is 10.3.